The lowest BCUT2D eigenvalue weighted by Gasteiger charge is -2.19. The second-order valence-corrected chi connectivity index (χ2v) is 4.89. The first-order chi connectivity index (χ1) is 10.6. The highest BCUT2D eigenvalue weighted by molar-refractivity contribution is 6.30. The number of carbonyl (C=O) groups is 2. The molecule has 0 saturated carbocycles. The number of ether oxygens (including phenoxy) is 1. The van der Waals surface area contributed by atoms with Crippen molar-refractivity contribution >= 4 is 28.9 Å². The van der Waals surface area contributed by atoms with E-state index in [-0.39, 0.29) is 22.8 Å². The molecule has 7 heteroatoms. The molecule has 0 unspecified atom stereocenters. The molecule has 0 spiro atoms. The minimum Gasteiger partial charge on any atom is -0.491 e. The molecule has 110 valence electrons. The van der Waals surface area contributed by atoms with E-state index in [4.69, 9.17) is 16.3 Å². The van der Waals surface area contributed by atoms with Crippen LogP contribution in [0.5, 0.6) is 0 Å². The van der Waals surface area contributed by atoms with Crippen LogP contribution in [-0.2, 0) is 4.74 Å². The number of anilines is 1. The summed E-state index contributed by atoms with van der Waals surface area (Å²) in [6.45, 7) is 0. The molecule has 22 heavy (non-hydrogen) atoms. The third-order valence-corrected chi connectivity index (χ3v) is 3.36. The van der Waals surface area contributed by atoms with Crippen molar-refractivity contribution in [2.75, 3.05) is 12.4 Å². The van der Waals surface area contributed by atoms with Gasteiger partial charge in [-0.25, -0.2) is 9.97 Å². The van der Waals surface area contributed by atoms with E-state index in [1.54, 1.807) is 24.3 Å². The summed E-state index contributed by atoms with van der Waals surface area (Å²) in [5.41, 5.74) is 0.626. The Bertz CT molecular complexity index is 800. The first-order valence-electron chi connectivity index (χ1n) is 6.33. The van der Waals surface area contributed by atoms with E-state index in [0.717, 1.165) is 0 Å². The van der Waals surface area contributed by atoms with Gasteiger partial charge >= 0.3 is 0 Å². The second kappa shape index (κ2) is 5.57. The van der Waals surface area contributed by atoms with Crippen molar-refractivity contribution in [3.63, 3.8) is 0 Å². The summed E-state index contributed by atoms with van der Waals surface area (Å²) in [7, 11) is 1.32. The van der Waals surface area contributed by atoms with E-state index in [1.807, 2.05) is 0 Å². The van der Waals surface area contributed by atoms with E-state index >= 15 is 0 Å². The first kappa shape index (κ1) is 14.2. The van der Waals surface area contributed by atoms with E-state index in [0.29, 0.717) is 10.7 Å². The number of ketones is 2. The topological polar surface area (TPSA) is 81.2 Å². The van der Waals surface area contributed by atoms with Crippen LogP contribution < -0.4 is 5.32 Å². The minimum absolute atomic E-state index is 0.00441. The molecule has 0 bridgehead atoms. The van der Waals surface area contributed by atoms with E-state index < -0.39 is 11.6 Å². The first-order valence-corrected chi connectivity index (χ1v) is 6.71. The number of hydrogen-bond donors (Lipinski definition) is 1. The van der Waals surface area contributed by atoms with Gasteiger partial charge in [0.2, 0.25) is 5.78 Å². The Hall–Kier alpha value is -2.73. The normalized spacial score (nSPS) is 13.9. The number of fused-ring (bicyclic) bond motifs is 1. The summed E-state index contributed by atoms with van der Waals surface area (Å²) in [6, 6.07) is 6.71. The highest BCUT2D eigenvalue weighted by Crippen LogP contribution is 2.25. The largest absolute Gasteiger partial charge is 0.491 e. The number of Topliss-reactive ketones (excluding diaryl/α,β-unsaturated/α-hetero) is 2. The molecule has 1 aromatic carbocycles. The summed E-state index contributed by atoms with van der Waals surface area (Å²) < 4.78 is 5.09. The smallest absolute Gasteiger partial charge is 0.250 e. The van der Waals surface area contributed by atoms with Crippen LogP contribution in [0.2, 0.25) is 5.02 Å². The lowest BCUT2D eigenvalue weighted by Crippen LogP contribution is -2.28. The fourth-order valence-corrected chi connectivity index (χ4v) is 2.22. The number of carbonyl (C=O) groups excluding carboxylic acids is 2. The molecule has 1 heterocycles. The fourth-order valence-electron chi connectivity index (χ4n) is 2.10. The molecule has 0 saturated heterocycles. The Kier molecular flexibility index (Phi) is 3.60. The van der Waals surface area contributed by atoms with Gasteiger partial charge in [-0.05, 0) is 24.3 Å². The van der Waals surface area contributed by atoms with Gasteiger partial charge in [0.25, 0.3) is 5.78 Å². The van der Waals surface area contributed by atoms with Crippen LogP contribution in [0.15, 0.2) is 48.1 Å². The van der Waals surface area contributed by atoms with Crippen LogP contribution in [0.4, 0.5) is 5.69 Å². The molecule has 0 atom stereocenters. The van der Waals surface area contributed by atoms with E-state index in [1.165, 1.54) is 19.5 Å². The Labute approximate surface area is 130 Å². The Morgan fingerprint density at radius 2 is 1.59 bits per heavy atom. The maximum absolute atomic E-state index is 12.5. The monoisotopic (exact) mass is 315 g/mol. The molecule has 0 radical (unpaired) electrons. The molecular weight excluding hydrogens is 306 g/mol. The zero-order valence-electron chi connectivity index (χ0n) is 11.5. The number of aromatic nitrogens is 2. The average molecular weight is 316 g/mol. The molecule has 1 N–H and O–H groups in total. The zero-order valence-corrected chi connectivity index (χ0v) is 12.2. The van der Waals surface area contributed by atoms with Crippen molar-refractivity contribution in [3.05, 3.63) is 64.5 Å². The van der Waals surface area contributed by atoms with Gasteiger partial charge in [-0.15, -0.1) is 0 Å². The Morgan fingerprint density at radius 3 is 2.18 bits per heavy atom. The summed E-state index contributed by atoms with van der Waals surface area (Å²) in [5, 5.41) is 3.45. The van der Waals surface area contributed by atoms with Crippen LogP contribution >= 0.6 is 11.6 Å². The third-order valence-electron chi connectivity index (χ3n) is 3.11. The standard InChI is InChI=1S/C15H10ClN3O3/c1-22-15-12(19-9-4-2-8(16)3-5-9)13(20)10-11(14(15)21)18-7-6-17-10/h2-7,19H,1H3. The highest BCUT2D eigenvalue weighted by Gasteiger charge is 2.35. The van der Waals surface area contributed by atoms with Gasteiger partial charge in [0, 0.05) is 23.1 Å². The lowest BCUT2D eigenvalue weighted by molar-refractivity contribution is 0.0899. The maximum atomic E-state index is 12.5. The number of methoxy groups -OCH3 is 1. The van der Waals surface area contributed by atoms with Crippen molar-refractivity contribution in [2.24, 2.45) is 0 Å². The average Bonchev–Trinajstić information content (AvgIpc) is 2.55. The summed E-state index contributed by atoms with van der Waals surface area (Å²) in [6.07, 6.45) is 2.72. The number of allylic oxidation sites excluding steroid dienone is 2. The number of halogens is 1. The lowest BCUT2D eigenvalue weighted by atomic mass is 9.99. The predicted octanol–water partition coefficient (Wildman–Crippen LogP) is 2.48. The van der Waals surface area contributed by atoms with Crippen LogP contribution in [0.3, 0.4) is 0 Å². The molecule has 0 aliphatic heterocycles. The molecule has 2 aromatic rings. The van der Waals surface area contributed by atoms with Crippen molar-refractivity contribution in [1.82, 2.24) is 9.97 Å². The Morgan fingerprint density at radius 1 is 1.00 bits per heavy atom. The molecule has 1 aromatic heterocycles. The fraction of sp³-hybridized carbons (Fsp3) is 0.0667. The van der Waals surface area contributed by atoms with Crippen LogP contribution in [0, 0.1) is 0 Å². The van der Waals surface area contributed by atoms with Gasteiger partial charge < -0.3 is 10.1 Å². The van der Waals surface area contributed by atoms with Crippen molar-refractivity contribution in [2.45, 2.75) is 0 Å². The molecule has 0 amide bonds. The highest BCUT2D eigenvalue weighted by atomic mass is 35.5. The summed E-state index contributed by atoms with van der Waals surface area (Å²) in [4.78, 5) is 32.7. The van der Waals surface area contributed by atoms with Gasteiger partial charge in [0.1, 0.15) is 17.1 Å². The van der Waals surface area contributed by atoms with Crippen LogP contribution in [-0.4, -0.2) is 28.6 Å². The molecule has 0 fully saturated rings. The van der Waals surface area contributed by atoms with Crippen LogP contribution in [0.25, 0.3) is 0 Å². The van der Waals surface area contributed by atoms with E-state index in [9.17, 15) is 9.59 Å². The number of nitrogens with zero attached hydrogens (tertiary/aromatic N) is 2. The van der Waals surface area contributed by atoms with Crippen LogP contribution in [0.1, 0.15) is 21.0 Å². The zero-order chi connectivity index (χ0) is 15.7. The molecule has 1 aliphatic carbocycles. The van der Waals surface area contributed by atoms with Gasteiger partial charge in [0.15, 0.2) is 5.76 Å². The number of benzene rings is 1. The Balaban J connectivity index is 2.06. The van der Waals surface area contributed by atoms with Crippen molar-refractivity contribution < 1.29 is 14.3 Å². The molecule has 1 aliphatic rings. The quantitative estimate of drug-likeness (QED) is 0.937. The number of rotatable bonds is 3. The maximum Gasteiger partial charge on any atom is 0.250 e. The molecule has 6 nitrogen and oxygen atoms in total. The third kappa shape index (κ3) is 2.33. The number of nitrogens with one attached hydrogen (secondary N) is 1. The minimum atomic E-state index is -0.485. The van der Waals surface area contributed by atoms with Gasteiger partial charge in [-0.3, -0.25) is 9.59 Å². The van der Waals surface area contributed by atoms with Crippen molar-refractivity contribution in [3.8, 4) is 0 Å². The van der Waals surface area contributed by atoms with E-state index in [2.05, 4.69) is 15.3 Å². The molecular formula is C15H10ClN3O3. The molecule has 3 rings (SSSR count). The van der Waals surface area contributed by atoms with Gasteiger partial charge in [0.05, 0.1) is 7.11 Å². The number of hydrogen-bond acceptors (Lipinski definition) is 6. The predicted molar refractivity (Wildman–Crippen MR) is 79.8 cm³/mol. The van der Waals surface area contributed by atoms with Crippen molar-refractivity contribution in [1.29, 1.82) is 0 Å². The SMILES string of the molecule is COC1=C(Nc2ccc(Cl)cc2)C(=O)c2nccnc2C1=O. The summed E-state index contributed by atoms with van der Waals surface area (Å²) in [5.74, 6) is -1.02. The summed E-state index contributed by atoms with van der Waals surface area (Å²) >= 11 is 5.83. The second-order valence-electron chi connectivity index (χ2n) is 4.45. The van der Waals surface area contributed by atoms with Gasteiger partial charge in [-0.2, -0.15) is 0 Å². The van der Waals surface area contributed by atoms with Gasteiger partial charge in [-0.1, -0.05) is 11.6 Å².